The predicted molar refractivity (Wildman–Crippen MR) is 79.5 cm³/mol. The van der Waals surface area contributed by atoms with Gasteiger partial charge in [0.2, 0.25) is 0 Å². The van der Waals surface area contributed by atoms with Crippen LogP contribution < -0.4 is 0 Å². The molecule has 1 aromatic heterocycles. The Morgan fingerprint density at radius 1 is 1.30 bits per heavy atom. The van der Waals surface area contributed by atoms with Crippen molar-refractivity contribution in [2.24, 2.45) is 0 Å². The molecule has 0 atom stereocenters. The maximum absolute atomic E-state index is 10.8. The largest absolute Gasteiger partial charge is 0.481 e. The molecule has 0 saturated heterocycles. The summed E-state index contributed by atoms with van der Waals surface area (Å²) in [4.78, 5) is 17.4. The average molecular weight is 272 g/mol. The molecule has 0 radical (unpaired) electrons. The van der Waals surface area contributed by atoms with E-state index in [0.29, 0.717) is 12.6 Å². The number of para-hydroxylation sites is 1. The zero-order valence-corrected chi connectivity index (χ0v) is 11.9. The summed E-state index contributed by atoms with van der Waals surface area (Å²) in [5, 5.41) is 9.96. The number of hydrogen-bond donors (Lipinski definition) is 1. The lowest BCUT2D eigenvalue weighted by Crippen LogP contribution is -2.32. The average Bonchev–Trinajstić information content (AvgIpc) is 2.43. The molecule has 4 heteroatoms. The first kappa shape index (κ1) is 14.5. The van der Waals surface area contributed by atoms with Crippen LogP contribution in [0.15, 0.2) is 36.5 Å². The monoisotopic (exact) mass is 272 g/mol. The summed E-state index contributed by atoms with van der Waals surface area (Å²) < 4.78 is 0. The van der Waals surface area contributed by atoms with Crippen LogP contribution >= 0.6 is 0 Å². The number of carboxylic acid groups (broad SMARTS) is 1. The van der Waals surface area contributed by atoms with E-state index in [2.05, 4.69) is 29.8 Å². The highest BCUT2D eigenvalue weighted by Crippen LogP contribution is 2.18. The van der Waals surface area contributed by atoms with Gasteiger partial charge in [0, 0.05) is 30.7 Å². The second kappa shape index (κ2) is 6.48. The molecule has 1 N–H and O–H groups in total. The number of rotatable bonds is 6. The highest BCUT2D eigenvalue weighted by molar-refractivity contribution is 5.81. The topological polar surface area (TPSA) is 53.4 Å². The van der Waals surface area contributed by atoms with Gasteiger partial charge in [0.15, 0.2) is 0 Å². The van der Waals surface area contributed by atoms with Crippen LogP contribution in [-0.2, 0) is 11.3 Å². The summed E-state index contributed by atoms with van der Waals surface area (Å²) >= 11 is 0. The van der Waals surface area contributed by atoms with Crippen LogP contribution in [-0.4, -0.2) is 33.5 Å². The van der Waals surface area contributed by atoms with Crippen LogP contribution in [0.1, 0.15) is 25.8 Å². The van der Waals surface area contributed by atoms with Gasteiger partial charge >= 0.3 is 5.97 Å². The Morgan fingerprint density at radius 3 is 2.75 bits per heavy atom. The number of carboxylic acids is 1. The maximum Gasteiger partial charge on any atom is 0.304 e. The van der Waals surface area contributed by atoms with Crippen molar-refractivity contribution in [1.82, 2.24) is 9.88 Å². The minimum Gasteiger partial charge on any atom is -0.481 e. The Morgan fingerprint density at radius 2 is 2.05 bits per heavy atom. The molecular formula is C16H20N2O2. The number of nitrogens with zero attached hydrogens (tertiary/aromatic N) is 2. The third kappa shape index (κ3) is 3.54. The fraction of sp³-hybridized carbons (Fsp3) is 0.375. The predicted octanol–water partition coefficient (Wildman–Crippen LogP) is 2.92. The summed E-state index contributed by atoms with van der Waals surface area (Å²) in [6, 6.07) is 10.4. The molecule has 0 aliphatic heterocycles. The van der Waals surface area contributed by atoms with Gasteiger partial charge in [0.1, 0.15) is 0 Å². The normalized spacial score (nSPS) is 11.4. The molecule has 1 aromatic carbocycles. The Bertz CT molecular complexity index is 591. The van der Waals surface area contributed by atoms with E-state index in [-0.39, 0.29) is 6.42 Å². The summed E-state index contributed by atoms with van der Waals surface area (Å²) in [5.74, 6) is -0.758. The highest BCUT2D eigenvalue weighted by Gasteiger charge is 2.13. The molecule has 0 bridgehead atoms. The van der Waals surface area contributed by atoms with E-state index in [1.54, 1.807) is 6.20 Å². The molecule has 2 rings (SSSR count). The summed E-state index contributed by atoms with van der Waals surface area (Å²) in [6.45, 7) is 5.44. The van der Waals surface area contributed by atoms with E-state index in [4.69, 9.17) is 5.11 Å². The molecule has 0 aliphatic rings. The molecule has 20 heavy (non-hydrogen) atoms. The van der Waals surface area contributed by atoms with Crippen molar-refractivity contribution in [3.8, 4) is 0 Å². The lowest BCUT2D eigenvalue weighted by molar-refractivity contribution is -0.137. The number of aromatic nitrogens is 1. The number of carbonyl (C=O) groups is 1. The van der Waals surface area contributed by atoms with Crippen LogP contribution in [0.4, 0.5) is 0 Å². The molecule has 0 spiro atoms. The van der Waals surface area contributed by atoms with Crippen molar-refractivity contribution in [1.29, 1.82) is 0 Å². The molecule has 0 aliphatic carbocycles. The highest BCUT2D eigenvalue weighted by atomic mass is 16.4. The quantitative estimate of drug-likeness (QED) is 0.878. The molecule has 4 nitrogen and oxygen atoms in total. The van der Waals surface area contributed by atoms with Gasteiger partial charge in [-0.25, -0.2) is 0 Å². The fourth-order valence-corrected chi connectivity index (χ4v) is 2.27. The second-order valence-electron chi connectivity index (χ2n) is 5.20. The molecule has 0 unspecified atom stereocenters. The zero-order chi connectivity index (χ0) is 14.5. The number of aliphatic carboxylic acids is 1. The van der Waals surface area contributed by atoms with E-state index in [1.807, 2.05) is 24.3 Å². The summed E-state index contributed by atoms with van der Waals surface area (Å²) in [6.07, 6.45) is 1.96. The summed E-state index contributed by atoms with van der Waals surface area (Å²) in [5.41, 5.74) is 2.14. The Labute approximate surface area is 119 Å². The maximum atomic E-state index is 10.8. The SMILES string of the molecule is CC(C)N(CCC(=O)O)Cc1cccc2cccnc12. The van der Waals surface area contributed by atoms with Gasteiger partial charge in [-0.3, -0.25) is 14.7 Å². The van der Waals surface area contributed by atoms with E-state index in [9.17, 15) is 4.79 Å². The Hall–Kier alpha value is -1.94. The van der Waals surface area contributed by atoms with Crippen LogP contribution in [0.3, 0.4) is 0 Å². The third-order valence-electron chi connectivity index (χ3n) is 3.43. The first-order valence-electron chi connectivity index (χ1n) is 6.86. The molecule has 0 amide bonds. The second-order valence-corrected chi connectivity index (χ2v) is 5.20. The standard InChI is InChI=1S/C16H20N2O2/c1-12(2)18(10-8-15(19)20)11-14-6-3-5-13-7-4-9-17-16(13)14/h3-7,9,12H,8,10-11H2,1-2H3,(H,19,20). The molecule has 1 heterocycles. The molecular weight excluding hydrogens is 252 g/mol. The van der Waals surface area contributed by atoms with Crippen molar-refractivity contribution < 1.29 is 9.90 Å². The van der Waals surface area contributed by atoms with Gasteiger partial charge in [-0.05, 0) is 25.5 Å². The lowest BCUT2D eigenvalue weighted by Gasteiger charge is -2.26. The van der Waals surface area contributed by atoms with Crippen molar-refractivity contribution in [2.75, 3.05) is 6.54 Å². The van der Waals surface area contributed by atoms with Crippen molar-refractivity contribution in [3.63, 3.8) is 0 Å². The lowest BCUT2D eigenvalue weighted by atomic mass is 10.1. The van der Waals surface area contributed by atoms with Gasteiger partial charge in [-0.15, -0.1) is 0 Å². The smallest absolute Gasteiger partial charge is 0.304 e. The van der Waals surface area contributed by atoms with Crippen LogP contribution in [0.5, 0.6) is 0 Å². The number of fused-ring (bicyclic) bond motifs is 1. The van der Waals surface area contributed by atoms with Gasteiger partial charge in [-0.2, -0.15) is 0 Å². The van der Waals surface area contributed by atoms with Crippen LogP contribution in [0.2, 0.25) is 0 Å². The first-order chi connectivity index (χ1) is 9.58. The molecule has 0 fully saturated rings. The van der Waals surface area contributed by atoms with E-state index in [1.165, 1.54) is 0 Å². The Kier molecular flexibility index (Phi) is 4.69. The van der Waals surface area contributed by atoms with Gasteiger partial charge < -0.3 is 5.11 Å². The van der Waals surface area contributed by atoms with Crippen molar-refractivity contribution in [2.45, 2.75) is 32.9 Å². The van der Waals surface area contributed by atoms with Gasteiger partial charge in [0.05, 0.1) is 11.9 Å². The molecule has 106 valence electrons. The minimum atomic E-state index is -0.758. The Balaban J connectivity index is 2.22. The van der Waals surface area contributed by atoms with Crippen LogP contribution in [0.25, 0.3) is 10.9 Å². The van der Waals surface area contributed by atoms with Gasteiger partial charge in [0.25, 0.3) is 0 Å². The molecule has 0 saturated carbocycles. The van der Waals surface area contributed by atoms with Gasteiger partial charge in [-0.1, -0.05) is 24.3 Å². The fourth-order valence-electron chi connectivity index (χ4n) is 2.27. The van der Waals surface area contributed by atoms with Crippen molar-refractivity contribution in [3.05, 3.63) is 42.1 Å². The first-order valence-corrected chi connectivity index (χ1v) is 6.86. The summed E-state index contributed by atoms with van der Waals surface area (Å²) in [7, 11) is 0. The van der Waals surface area contributed by atoms with Crippen molar-refractivity contribution >= 4 is 16.9 Å². The minimum absolute atomic E-state index is 0.163. The third-order valence-corrected chi connectivity index (χ3v) is 3.43. The molecule has 2 aromatic rings. The number of pyridine rings is 1. The number of hydrogen-bond acceptors (Lipinski definition) is 3. The van der Waals surface area contributed by atoms with E-state index in [0.717, 1.165) is 23.0 Å². The number of benzene rings is 1. The van der Waals surface area contributed by atoms with E-state index < -0.39 is 5.97 Å². The van der Waals surface area contributed by atoms with Crippen LogP contribution in [0, 0.1) is 0 Å². The zero-order valence-electron chi connectivity index (χ0n) is 11.9. The van der Waals surface area contributed by atoms with E-state index >= 15 is 0 Å².